The molecule has 0 aliphatic heterocycles. The van der Waals surface area contributed by atoms with Crippen molar-refractivity contribution in [1.82, 2.24) is 10.3 Å². The molecule has 9 nitrogen and oxygen atoms in total. The lowest BCUT2D eigenvalue weighted by atomic mass is 9.78. The van der Waals surface area contributed by atoms with Crippen molar-refractivity contribution in [3.63, 3.8) is 0 Å². The van der Waals surface area contributed by atoms with Crippen LogP contribution in [0.1, 0.15) is 54.4 Å². The van der Waals surface area contributed by atoms with Crippen molar-refractivity contribution >= 4 is 17.8 Å². The predicted octanol–water partition coefficient (Wildman–Crippen LogP) is 5.98. The van der Waals surface area contributed by atoms with Crippen molar-refractivity contribution in [3.8, 4) is 11.5 Å². The maximum absolute atomic E-state index is 13.7. The molecule has 0 bridgehead atoms. The van der Waals surface area contributed by atoms with Gasteiger partial charge in [0, 0.05) is 32.2 Å². The number of alkyl halides is 3. The largest absolute Gasteiger partial charge is 0.493 e. The summed E-state index contributed by atoms with van der Waals surface area (Å²) in [7, 11) is 2.65. The lowest BCUT2D eigenvalue weighted by Crippen LogP contribution is -2.47. The number of benzene rings is 2. The van der Waals surface area contributed by atoms with Gasteiger partial charge in [-0.05, 0) is 61.1 Å². The first-order valence-corrected chi connectivity index (χ1v) is 14.9. The number of esters is 2. The van der Waals surface area contributed by atoms with Crippen LogP contribution in [0.2, 0.25) is 0 Å². The molecule has 1 heterocycles. The fourth-order valence-electron chi connectivity index (χ4n) is 5.25. The fourth-order valence-corrected chi connectivity index (χ4v) is 5.25. The minimum atomic E-state index is -4.46. The molecule has 0 fully saturated rings. The summed E-state index contributed by atoms with van der Waals surface area (Å²) in [6, 6.07) is 10.9. The first-order chi connectivity index (χ1) is 22.3. The zero-order valence-electron chi connectivity index (χ0n) is 26.7. The van der Waals surface area contributed by atoms with E-state index in [2.05, 4.69) is 10.3 Å². The van der Waals surface area contributed by atoms with Crippen LogP contribution in [0.25, 0.3) is 0 Å². The number of amides is 1. The average molecular weight is 663 g/mol. The van der Waals surface area contributed by atoms with Gasteiger partial charge in [0.2, 0.25) is 5.75 Å². The SMILES string of the molecule is CC[C@H](Cc1ccc(C(F)(F)F)cc1)[C@@H](Cc1ccc(F)cc1)[C@H](C)OC(=O)[C@H](COC)NC(=O)c1nccc(OC)c1OC(C)=O. The van der Waals surface area contributed by atoms with Gasteiger partial charge in [0.15, 0.2) is 17.5 Å². The highest BCUT2D eigenvalue weighted by Gasteiger charge is 2.34. The van der Waals surface area contributed by atoms with E-state index < -0.39 is 47.5 Å². The number of hydrogen-bond donors (Lipinski definition) is 1. The molecule has 1 amide bonds. The summed E-state index contributed by atoms with van der Waals surface area (Å²) in [6.45, 7) is 4.49. The third kappa shape index (κ3) is 10.5. The minimum absolute atomic E-state index is 0.0714. The Morgan fingerprint density at radius 3 is 2.11 bits per heavy atom. The number of halogens is 4. The van der Waals surface area contributed by atoms with E-state index in [9.17, 15) is 31.9 Å². The van der Waals surface area contributed by atoms with Gasteiger partial charge >= 0.3 is 18.1 Å². The number of methoxy groups -OCH3 is 2. The molecule has 3 rings (SSSR count). The highest BCUT2D eigenvalue weighted by molar-refractivity contribution is 5.98. The molecular weight excluding hydrogens is 624 g/mol. The Morgan fingerprint density at radius 2 is 1.55 bits per heavy atom. The van der Waals surface area contributed by atoms with E-state index in [1.165, 1.54) is 50.7 Å². The molecule has 1 N–H and O–H groups in total. The lowest BCUT2D eigenvalue weighted by Gasteiger charge is -2.32. The fraction of sp³-hybridized carbons (Fsp3) is 0.412. The first kappa shape index (κ1) is 36.9. The molecule has 0 unspecified atom stereocenters. The van der Waals surface area contributed by atoms with E-state index in [4.69, 9.17) is 18.9 Å². The Labute approximate surface area is 270 Å². The Hall–Kier alpha value is -4.52. The molecule has 0 saturated carbocycles. The summed E-state index contributed by atoms with van der Waals surface area (Å²) in [6.07, 6.45) is -2.60. The second-order valence-electron chi connectivity index (χ2n) is 11.0. The first-order valence-electron chi connectivity index (χ1n) is 14.9. The molecule has 47 heavy (non-hydrogen) atoms. The Bertz CT molecular complexity index is 1500. The van der Waals surface area contributed by atoms with E-state index in [0.29, 0.717) is 24.8 Å². The van der Waals surface area contributed by atoms with Crippen molar-refractivity contribution in [1.29, 1.82) is 0 Å². The zero-order valence-corrected chi connectivity index (χ0v) is 26.7. The van der Waals surface area contributed by atoms with Gasteiger partial charge in [0.25, 0.3) is 5.91 Å². The normalized spacial score (nSPS) is 14.0. The maximum Gasteiger partial charge on any atom is 0.416 e. The van der Waals surface area contributed by atoms with E-state index in [0.717, 1.165) is 24.6 Å². The van der Waals surface area contributed by atoms with Crippen LogP contribution in [-0.4, -0.2) is 55.8 Å². The minimum Gasteiger partial charge on any atom is -0.493 e. The third-order valence-corrected chi connectivity index (χ3v) is 7.67. The van der Waals surface area contributed by atoms with Crippen LogP contribution in [0.15, 0.2) is 60.8 Å². The second kappa shape index (κ2) is 16.9. The quantitative estimate of drug-likeness (QED) is 0.156. The van der Waals surface area contributed by atoms with E-state index in [-0.39, 0.29) is 35.6 Å². The number of rotatable bonds is 15. The Kier molecular flexibility index (Phi) is 13.3. The number of carbonyl (C=O) groups is 3. The monoisotopic (exact) mass is 662 g/mol. The van der Waals surface area contributed by atoms with Crippen molar-refractivity contribution in [3.05, 3.63) is 89.0 Å². The molecule has 3 aromatic rings. The van der Waals surface area contributed by atoms with Gasteiger partial charge < -0.3 is 24.3 Å². The van der Waals surface area contributed by atoms with Gasteiger partial charge in [-0.1, -0.05) is 37.6 Å². The molecule has 1 aromatic heterocycles. The number of hydrogen-bond acceptors (Lipinski definition) is 8. The molecule has 13 heteroatoms. The summed E-state index contributed by atoms with van der Waals surface area (Å²) in [5.41, 5.74) is 0.383. The van der Waals surface area contributed by atoms with E-state index in [1.807, 2.05) is 6.92 Å². The predicted molar refractivity (Wildman–Crippen MR) is 163 cm³/mol. The van der Waals surface area contributed by atoms with Gasteiger partial charge in [-0.2, -0.15) is 13.2 Å². The molecule has 4 atom stereocenters. The Morgan fingerprint density at radius 1 is 0.936 bits per heavy atom. The van der Waals surface area contributed by atoms with Crippen LogP contribution in [0.4, 0.5) is 17.6 Å². The number of pyridine rings is 1. The Balaban J connectivity index is 1.85. The summed E-state index contributed by atoms with van der Waals surface area (Å²) >= 11 is 0. The number of nitrogens with zero attached hydrogens (tertiary/aromatic N) is 1. The molecule has 254 valence electrons. The summed E-state index contributed by atoms with van der Waals surface area (Å²) in [4.78, 5) is 42.4. The standard InChI is InChI=1S/C34H38F4N2O7/c1-6-24(17-22-7-11-25(12-8-22)34(36,37)38)27(18-23-9-13-26(35)14-10-23)20(2)46-33(43)28(19-44-4)40-32(42)30-31(47-21(3)41)29(45-5)15-16-39-30/h7-16,20,24,27-28H,6,17-19H2,1-5H3,(H,40,42)/t20-,24+,27-,28-/m0/s1. The number of aromatic nitrogens is 1. The highest BCUT2D eigenvalue weighted by Crippen LogP contribution is 2.33. The maximum atomic E-state index is 13.7. The molecule has 0 radical (unpaired) electrons. The zero-order chi connectivity index (χ0) is 34.7. The number of ether oxygens (including phenoxy) is 4. The number of carbonyl (C=O) groups excluding carboxylic acids is 3. The summed E-state index contributed by atoms with van der Waals surface area (Å²) in [5.74, 6) is -3.49. The van der Waals surface area contributed by atoms with Crippen molar-refractivity contribution in [2.75, 3.05) is 20.8 Å². The van der Waals surface area contributed by atoms with Crippen molar-refractivity contribution in [2.24, 2.45) is 11.8 Å². The van der Waals surface area contributed by atoms with Crippen LogP contribution in [0, 0.1) is 17.7 Å². The highest BCUT2D eigenvalue weighted by atomic mass is 19.4. The molecule has 2 aromatic carbocycles. The van der Waals surface area contributed by atoms with Crippen LogP contribution in [0.3, 0.4) is 0 Å². The van der Waals surface area contributed by atoms with Crippen LogP contribution < -0.4 is 14.8 Å². The molecule has 0 aliphatic rings. The van der Waals surface area contributed by atoms with E-state index >= 15 is 0 Å². The average Bonchev–Trinajstić information content (AvgIpc) is 3.02. The topological polar surface area (TPSA) is 113 Å². The summed E-state index contributed by atoms with van der Waals surface area (Å²) in [5, 5.41) is 2.52. The molecular formula is C34H38F4N2O7. The van der Waals surface area contributed by atoms with Gasteiger partial charge in [-0.25, -0.2) is 14.2 Å². The van der Waals surface area contributed by atoms with Gasteiger partial charge in [0.05, 0.1) is 19.3 Å². The third-order valence-electron chi connectivity index (χ3n) is 7.67. The van der Waals surface area contributed by atoms with Gasteiger partial charge in [-0.15, -0.1) is 0 Å². The van der Waals surface area contributed by atoms with Crippen molar-refractivity contribution in [2.45, 2.75) is 58.4 Å². The molecule has 0 spiro atoms. The summed E-state index contributed by atoms with van der Waals surface area (Å²) < 4.78 is 74.5. The molecule has 0 aliphatic carbocycles. The van der Waals surface area contributed by atoms with Gasteiger partial charge in [0.1, 0.15) is 11.9 Å². The van der Waals surface area contributed by atoms with Crippen molar-refractivity contribution < 1.29 is 50.9 Å². The number of nitrogens with one attached hydrogen (secondary N) is 1. The van der Waals surface area contributed by atoms with Crippen LogP contribution in [0.5, 0.6) is 11.5 Å². The van der Waals surface area contributed by atoms with Gasteiger partial charge in [-0.3, -0.25) is 9.59 Å². The second-order valence-corrected chi connectivity index (χ2v) is 11.0. The van der Waals surface area contributed by atoms with Crippen LogP contribution >= 0.6 is 0 Å². The molecule has 0 saturated heterocycles. The van der Waals surface area contributed by atoms with Crippen LogP contribution in [-0.2, 0) is 38.1 Å². The lowest BCUT2D eigenvalue weighted by molar-refractivity contribution is -0.155. The smallest absolute Gasteiger partial charge is 0.416 e. The van der Waals surface area contributed by atoms with E-state index in [1.54, 1.807) is 19.1 Å².